The zero-order valence-corrected chi connectivity index (χ0v) is 19.0. The second-order valence-corrected chi connectivity index (χ2v) is 8.25. The van der Waals surface area contributed by atoms with E-state index >= 15 is 0 Å². The number of carbonyl (C=O) groups is 1. The van der Waals surface area contributed by atoms with Crippen molar-refractivity contribution in [1.82, 2.24) is 4.57 Å². The minimum Gasteiger partial charge on any atom is -0.320 e. The minimum atomic E-state index is -0.586. The highest BCUT2D eigenvalue weighted by atomic mass is 35.5. The van der Waals surface area contributed by atoms with Gasteiger partial charge in [0.05, 0.1) is 10.7 Å². The summed E-state index contributed by atoms with van der Waals surface area (Å²) in [6, 6.07) is 13.7. The summed E-state index contributed by atoms with van der Waals surface area (Å²) in [5, 5.41) is 13.9. The molecule has 3 aromatic rings. The summed E-state index contributed by atoms with van der Waals surface area (Å²) in [6.45, 7) is 3.80. The lowest BCUT2D eigenvalue weighted by molar-refractivity contribution is -0.112. The van der Waals surface area contributed by atoms with Gasteiger partial charge in [0.1, 0.15) is 11.6 Å². The first-order valence-corrected chi connectivity index (χ1v) is 10.2. The van der Waals surface area contributed by atoms with Crippen molar-refractivity contribution in [3.05, 3.63) is 85.1 Å². The van der Waals surface area contributed by atoms with Gasteiger partial charge in [-0.15, -0.1) is 0 Å². The number of aryl methyl sites for hydroxylation is 1. The van der Waals surface area contributed by atoms with Crippen molar-refractivity contribution >= 4 is 64.1 Å². The maximum Gasteiger partial charge on any atom is 0.266 e. The van der Waals surface area contributed by atoms with Crippen LogP contribution in [0.4, 0.5) is 5.69 Å². The first-order chi connectivity index (χ1) is 14.2. The van der Waals surface area contributed by atoms with Crippen molar-refractivity contribution < 1.29 is 4.79 Å². The number of nitrogens with zero attached hydrogens (tertiary/aromatic N) is 2. The molecule has 1 N–H and O–H groups in total. The maximum atomic E-state index is 12.6. The Labute approximate surface area is 194 Å². The molecule has 0 unspecified atom stereocenters. The van der Waals surface area contributed by atoms with E-state index in [4.69, 9.17) is 46.4 Å². The van der Waals surface area contributed by atoms with Gasteiger partial charge in [-0.2, -0.15) is 5.26 Å². The predicted octanol–water partition coefficient (Wildman–Crippen LogP) is 7.25. The largest absolute Gasteiger partial charge is 0.320 e. The van der Waals surface area contributed by atoms with Crippen LogP contribution in [0.2, 0.25) is 20.1 Å². The SMILES string of the molecule is Cc1cc(/C=C(\C#N)C(=O)Nc2cc(Cl)ccc2Cl)c(C)n1-c1cc(Cl)cc(Cl)c1. The van der Waals surface area contributed by atoms with Crippen LogP contribution >= 0.6 is 46.4 Å². The topological polar surface area (TPSA) is 57.8 Å². The Hall–Kier alpha value is -2.42. The highest BCUT2D eigenvalue weighted by Gasteiger charge is 2.15. The molecule has 0 spiro atoms. The Morgan fingerprint density at radius 3 is 2.30 bits per heavy atom. The summed E-state index contributed by atoms with van der Waals surface area (Å²) in [4.78, 5) is 12.6. The fraction of sp³-hybridized carbons (Fsp3) is 0.0909. The van der Waals surface area contributed by atoms with E-state index in [0.717, 1.165) is 17.1 Å². The molecule has 0 aliphatic carbocycles. The Balaban J connectivity index is 1.98. The number of hydrogen-bond acceptors (Lipinski definition) is 2. The third-order valence-electron chi connectivity index (χ3n) is 4.42. The smallest absolute Gasteiger partial charge is 0.266 e. The molecule has 30 heavy (non-hydrogen) atoms. The lowest BCUT2D eigenvalue weighted by Crippen LogP contribution is -2.13. The van der Waals surface area contributed by atoms with E-state index in [9.17, 15) is 10.1 Å². The third kappa shape index (κ3) is 4.83. The molecule has 0 fully saturated rings. The van der Waals surface area contributed by atoms with Crippen LogP contribution in [0, 0.1) is 25.2 Å². The second-order valence-electron chi connectivity index (χ2n) is 6.54. The molecule has 0 atom stereocenters. The zero-order chi connectivity index (χ0) is 22.0. The number of aromatic nitrogens is 1. The van der Waals surface area contributed by atoms with Crippen LogP contribution < -0.4 is 5.32 Å². The second kappa shape index (κ2) is 9.16. The number of rotatable bonds is 4. The zero-order valence-electron chi connectivity index (χ0n) is 15.9. The average Bonchev–Trinajstić information content (AvgIpc) is 2.95. The fourth-order valence-corrected chi connectivity index (χ4v) is 3.94. The summed E-state index contributed by atoms with van der Waals surface area (Å²) in [6.07, 6.45) is 1.53. The standard InChI is InChI=1S/C22H15Cl4N3O/c1-12-5-14(13(2)29(12)19-8-17(24)7-18(25)9-19)6-15(11-27)22(30)28-21-10-16(23)3-4-20(21)26/h3-10H,1-2H3,(H,28,30)/b15-6+. The molecular weight excluding hydrogens is 464 g/mol. The molecule has 1 heterocycles. The van der Waals surface area contributed by atoms with Crippen LogP contribution in [0.3, 0.4) is 0 Å². The highest BCUT2D eigenvalue weighted by Crippen LogP contribution is 2.28. The van der Waals surface area contributed by atoms with Crippen molar-refractivity contribution in [2.45, 2.75) is 13.8 Å². The van der Waals surface area contributed by atoms with E-state index in [2.05, 4.69) is 5.32 Å². The number of benzene rings is 2. The Bertz CT molecular complexity index is 1200. The molecule has 2 aromatic carbocycles. The number of anilines is 1. The molecule has 0 aliphatic heterocycles. The van der Waals surface area contributed by atoms with Gasteiger partial charge < -0.3 is 9.88 Å². The van der Waals surface area contributed by atoms with Crippen LogP contribution in [0.25, 0.3) is 11.8 Å². The van der Waals surface area contributed by atoms with Crippen molar-refractivity contribution in [2.24, 2.45) is 0 Å². The fourth-order valence-electron chi connectivity index (χ4n) is 3.09. The summed E-state index contributed by atoms with van der Waals surface area (Å²) >= 11 is 24.3. The Morgan fingerprint density at radius 1 is 1.00 bits per heavy atom. The van der Waals surface area contributed by atoms with Gasteiger partial charge in [0.15, 0.2) is 0 Å². The van der Waals surface area contributed by atoms with E-state index in [1.165, 1.54) is 12.1 Å². The van der Waals surface area contributed by atoms with Crippen LogP contribution in [0.15, 0.2) is 48.0 Å². The van der Waals surface area contributed by atoms with E-state index < -0.39 is 5.91 Å². The molecule has 3 rings (SSSR count). The van der Waals surface area contributed by atoms with E-state index in [-0.39, 0.29) is 5.57 Å². The minimum absolute atomic E-state index is 0.0737. The van der Waals surface area contributed by atoms with Gasteiger partial charge in [0.2, 0.25) is 0 Å². The van der Waals surface area contributed by atoms with Gasteiger partial charge in [-0.3, -0.25) is 4.79 Å². The van der Waals surface area contributed by atoms with Crippen molar-refractivity contribution in [2.75, 3.05) is 5.32 Å². The average molecular weight is 479 g/mol. The normalized spacial score (nSPS) is 11.3. The van der Waals surface area contributed by atoms with Crippen LogP contribution in [0.5, 0.6) is 0 Å². The van der Waals surface area contributed by atoms with Crippen molar-refractivity contribution in [3.8, 4) is 11.8 Å². The molecule has 0 aliphatic rings. The number of nitrogens with one attached hydrogen (secondary N) is 1. The lowest BCUT2D eigenvalue weighted by Gasteiger charge is -2.11. The first-order valence-electron chi connectivity index (χ1n) is 8.73. The summed E-state index contributed by atoms with van der Waals surface area (Å²) < 4.78 is 1.95. The van der Waals surface area contributed by atoms with Gasteiger partial charge in [0.25, 0.3) is 5.91 Å². The van der Waals surface area contributed by atoms with Gasteiger partial charge in [-0.25, -0.2) is 0 Å². The summed E-state index contributed by atoms with van der Waals surface area (Å²) in [5.74, 6) is -0.586. The van der Waals surface area contributed by atoms with Crippen LogP contribution in [-0.4, -0.2) is 10.5 Å². The van der Waals surface area contributed by atoms with Gasteiger partial charge >= 0.3 is 0 Å². The molecule has 8 heteroatoms. The van der Waals surface area contributed by atoms with E-state index in [1.54, 1.807) is 30.3 Å². The quantitative estimate of drug-likeness (QED) is 0.317. The van der Waals surface area contributed by atoms with Gasteiger partial charge in [-0.05, 0) is 68.0 Å². The summed E-state index contributed by atoms with van der Waals surface area (Å²) in [7, 11) is 0. The molecule has 0 saturated heterocycles. The van der Waals surface area contributed by atoms with Crippen LogP contribution in [0.1, 0.15) is 17.0 Å². The predicted molar refractivity (Wildman–Crippen MR) is 124 cm³/mol. The number of hydrogen-bond donors (Lipinski definition) is 1. The molecular formula is C22H15Cl4N3O. The van der Waals surface area contributed by atoms with Crippen LogP contribution in [-0.2, 0) is 4.79 Å². The van der Waals surface area contributed by atoms with Gasteiger partial charge in [0, 0.05) is 32.1 Å². The molecule has 0 bridgehead atoms. The molecule has 1 aromatic heterocycles. The molecule has 0 saturated carbocycles. The molecule has 152 valence electrons. The monoisotopic (exact) mass is 477 g/mol. The number of carbonyl (C=O) groups excluding carboxylic acids is 1. The van der Waals surface area contributed by atoms with Crippen molar-refractivity contribution in [3.63, 3.8) is 0 Å². The third-order valence-corrected chi connectivity index (χ3v) is 5.42. The first kappa shape index (κ1) is 22.3. The molecule has 0 radical (unpaired) electrons. The Kier molecular flexibility index (Phi) is 6.80. The van der Waals surface area contributed by atoms with Gasteiger partial charge in [-0.1, -0.05) is 46.4 Å². The maximum absolute atomic E-state index is 12.6. The van der Waals surface area contributed by atoms with E-state index in [1.807, 2.05) is 30.6 Å². The van der Waals surface area contributed by atoms with E-state index in [0.29, 0.717) is 31.3 Å². The van der Waals surface area contributed by atoms with Crippen molar-refractivity contribution in [1.29, 1.82) is 5.26 Å². The Morgan fingerprint density at radius 2 is 1.67 bits per heavy atom. The molecule has 1 amide bonds. The number of amides is 1. The lowest BCUT2D eigenvalue weighted by atomic mass is 10.1. The molecule has 4 nitrogen and oxygen atoms in total. The number of halogens is 4. The summed E-state index contributed by atoms with van der Waals surface area (Å²) in [5.41, 5.74) is 3.48. The highest BCUT2D eigenvalue weighted by molar-refractivity contribution is 6.36. The number of nitriles is 1.